The molecule has 0 spiro atoms. The number of halogens is 3. The Morgan fingerprint density at radius 1 is 1.00 bits per heavy atom. The largest absolute Gasteiger partial charge is 0.497 e. The standard InChI is InChI=1S/C22H25F3N2O4/c1-13(2)19(27-20(28)15-9-17(30-3)11-18(10-15)31-4)21(29)26-12-14-6-5-7-16(8-14)22(23,24)25/h5-11,13,19H,12H2,1-4H3,(H,26,29)(H,27,28)/t19-/m1/s1. The van der Waals surface area contributed by atoms with Gasteiger partial charge in [0.05, 0.1) is 19.8 Å². The van der Waals surface area contributed by atoms with E-state index >= 15 is 0 Å². The lowest BCUT2D eigenvalue weighted by Crippen LogP contribution is -2.49. The summed E-state index contributed by atoms with van der Waals surface area (Å²) in [5.41, 5.74) is -0.248. The fourth-order valence-electron chi connectivity index (χ4n) is 2.85. The van der Waals surface area contributed by atoms with Gasteiger partial charge in [-0.05, 0) is 35.7 Å². The van der Waals surface area contributed by atoms with Crippen molar-refractivity contribution in [2.75, 3.05) is 14.2 Å². The quantitative estimate of drug-likeness (QED) is 0.658. The molecular formula is C22H25F3N2O4. The summed E-state index contributed by atoms with van der Waals surface area (Å²) in [6, 6.07) is 8.44. The summed E-state index contributed by atoms with van der Waals surface area (Å²) in [4.78, 5) is 25.4. The van der Waals surface area contributed by atoms with Crippen LogP contribution in [0, 0.1) is 5.92 Å². The maximum atomic E-state index is 12.9. The van der Waals surface area contributed by atoms with Crippen molar-refractivity contribution in [3.63, 3.8) is 0 Å². The third-order valence-corrected chi connectivity index (χ3v) is 4.57. The number of benzene rings is 2. The third-order valence-electron chi connectivity index (χ3n) is 4.57. The van der Waals surface area contributed by atoms with Crippen LogP contribution in [0.5, 0.6) is 11.5 Å². The molecule has 0 aliphatic carbocycles. The van der Waals surface area contributed by atoms with E-state index in [0.717, 1.165) is 12.1 Å². The number of alkyl halides is 3. The molecule has 168 valence electrons. The molecule has 0 saturated heterocycles. The van der Waals surface area contributed by atoms with Gasteiger partial charge in [0.2, 0.25) is 5.91 Å². The fraction of sp³-hybridized carbons (Fsp3) is 0.364. The average molecular weight is 438 g/mol. The normalized spacial score (nSPS) is 12.3. The summed E-state index contributed by atoms with van der Waals surface area (Å²) >= 11 is 0. The highest BCUT2D eigenvalue weighted by Crippen LogP contribution is 2.29. The minimum absolute atomic E-state index is 0.102. The van der Waals surface area contributed by atoms with E-state index in [0.29, 0.717) is 17.1 Å². The first kappa shape index (κ1) is 24.0. The van der Waals surface area contributed by atoms with E-state index in [1.54, 1.807) is 19.9 Å². The molecule has 0 aliphatic heterocycles. The molecule has 0 unspecified atom stereocenters. The van der Waals surface area contributed by atoms with Gasteiger partial charge < -0.3 is 20.1 Å². The second-order valence-electron chi connectivity index (χ2n) is 7.21. The molecular weight excluding hydrogens is 413 g/mol. The van der Waals surface area contributed by atoms with E-state index in [1.165, 1.54) is 38.5 Å². The number of hydrogen-bond donors (Lipinski definition) is 2. The zero-order valence-electron chi connectivity index (χ0n) is 17.7. The first-order valence-electron chi connectivity index (χ1n) is 9.53. The summed E-state index contributed by atoms with van der Waals surface area (Å²) in [6.07, 6.45) is -4.47. The molecule has 2 aromatic rings. The van der Waals surface area contributed by atoms with E-state index in [4.69, 9.17) is 9.47 Å². The van der Waals surface area contributed by atoms with E-state index in [1.807, 2.05) is 0 Å². The van der Waals surface area contributed by atoms with Crippen LogP contribution in [0.2, 0.25) is 0 Å². The molecule has 0 fully saturated rings. The van der Waals surface area contributed by atoms with Gasteiger partial charge in [-0.3, -0.25) is 9.59 Å². The molecule has 9 heteroatoms. The fourth-order valence-corrected chi connectivity index (χ4v) is 2.85. The van der Waals surface area contributed by atoms with E-state index in [2.05, 4.69) is 10.6 Å². The van der Waals surface area contributed by atoms with Crippen molar-refractivity contribution in [2.24, 2.45) is 5.92 Å². The Kier molecular flexibility index (Phi) is 7.90. The van der Waals surface area contributed by atoms with Crippen molar-refractivity contribution < 1.29 is 32.2 Å². The number of carbonyl (C=O) groups excluding carboxylic acids is 2. The van der Waals surface area contributed by atoms with Crippen molar-refractivity contribution in [1.82, 2.24) is 10.6 Å². The van der Waals surface area contributed by atoms with Crippen molar-refractivity contribution in [2.45, 2.75) is 32.6 Å². The predicted molar refractivity (Wildman–Crippen MR) is 109 cm³/mol. The summed E-state index contributed by atoms with van der Waals surface area (Å²) in [5.74, 6) is -0.446. The van der Waals surface area contributed by atoms with Crippen LogP contribution >= 0.6 is 0 Å². The topological polar surface area (TPSA) is 76.7 Å². The zero-order valence-corrected chi connectivity index (χ0v) is 17.7. The molecule has 0 aliphatic rings. The Bertz CT molecular complexity index is 907. The van der Waals surface area contributed by atoms with Gasteiger partial charge in [-0.2, -0.15) is 13.2 Å². The van der Waals surface area contributed by atoms with Crippen LogP contribution in [0.3, 0.4) is 0 Å². The minimum atomic E-state index is -4.47. The van der Waals surface area contributed by atoms with Crippen LogP contribution in [0.1, 0.15) is 35.3 Å². The van der Waals surface area contributed by atoms with Crippen LogP contribution in [0.4, 0.5) is 13.2 Å². The number of amides is 2. The highest BCUT2D eigenvalue weighted by Gasteiger charge is 2.30. The third kappa shape index (κ3) is 6.63. The summed E-state index contributed by atoms with van der Waals surface area (Å²) in [7, 11) is 2.91. The van der Waals surface area contributed by atoms with Crippen LogP contribution in [-0.2, 0) is 17.5 Å². The Labute approximate surface area is 178 Å². The van der Waals surface area contributed by atoms with Crippen molar-refractivity contribution >= 4 is 11.8 Å². The molecule has 6 nitrogen and oxygen atoms in total. The minimum Gasteiger partial charge on any atom is -0.497 e. The Hall–Kier alpha value is -3.23. The number of methoxy groups -OCH3 is 2. The molecule has 0 saturated carbocycles. The summed E-state index contributed by atoms with van der Waals surface area (Å²) in [5, 5.41) is 5.26. The van der Waals surface area contributed by atoms with Crippen LogP contribution < -0.4 is 20.1 Å². The van der Waals surface area contributed by atoms with Crippen molar-refractivity contribution in [3.05, 3.63) is 59.2 Å². The molecule has 0 heterocycles. The van der Waals surface area contributed by atoms with Gasteiger partial charge in [0.25, 0.3) is 5.91 Å². The van der Waals surface area contributed by atoms with E-state index in [-0.39, 0.29) is 18.0 Å². The molecule has 2 rings (SSSR count). The highest BCUT2D eigenvalue weighted by atomic mass is 19.4. The number of nitrogens with one attached hydrogen (secondary N) is 2. The second kappa shape index (κ2) is 10.2. The summed E-state index contributed by atoms with van der Waals surface area (Å²) < 4.78 is 48.9. The Morgan fingerprint density at radius 3 is 2.13 bits per heavy atom. The average Bonchev–Trinajstić information content (AvgIpc) is 2.74. The van der Waals surface area contributed by atoms with Crippen molar-refractivity contribution in [1.29, 1.82) is 0 Å². The molecule has 31 heavy (non-hydrogen) atoms. The Balaban J connectivity index is 2.10. The van der Waals surface area contributed by atoms with Gasteiger partial charge in [-0.15, -0.1) is 0 Å². The maximum Gasteiger partial charge on any atom is 0.416 e. The smallest absolute Gasteiger partial charge is 0.416 e. The SMILES string of the molecule is COc1cc(OC)cc(C(=O)N[C@@H](C(=O)NCc2cccc(C(F)(F)F)c2)C(C)C)c1. The highest BCUT2D eigenvalue weighted by molar-refractivity contribution is 5.98. The lowest BCUT2D eigenvalue weighted by atomic mass is 10.0. The molecule has 2 N–H and O–H groups in total. The molecule has 0 radical (unpaired) electrons. The van der Waals surface area contributed by atoms with Gasteiger partial charge in [-0.25, -0.2) is 0 Å². The van der Waals surface area contributed by atoms with Gasteiger partial charge in [0, 0.05) is 18.2 Å². The first-order chi connectivity index (χ1) is 14.5. The van der Waals surface area contributed by atoms with Crippen LogP contribution in [0.25, 0.3) is 0 Å². The van der Waals surface area contributed by atoms with Crippen LogP contribution in [0.15, 0.2) is 42.5 Å². The number of carbonyl (C=O) groups is 2. The molecule has 0 aromatic heterocycles. The number of rotatable bonds is 8. The zero-order chi connectivity index (χ0) is 23.2. The van der Waals surface area contributed by atoms with E-state index in [9.17, 15) is 22.8 Å². The summed E-state index contributed by atoms with van der Waals surface area (Å²) in [6.45, 7) is 3.40. The lowest BCUT2D eigenvalue weighted by molar-refractivity contribution is -0.137. The van der Waals surface area contributed by atoms with Gasteiger partial charge in [0.15, 0.2) is 0 Å². The van der Waals surface area contributed by atoms with Gasteiger partial charge in [0.1, 0.15) is 17.5 Å². The Morgan fingerprint density at radius 2 is 1.61 bits per heavy atom. The monoisotopic (exact) mass is 438 g/mol. The molecule has 0 bridgehead atoms. The maximum absolute atomic E-state index is 12.9. The van der Waals surface area contributed by atoms with Gasteiger partial charge in [-0.1, -0.05) is 26.0 Å². The van der Waals surface area contributed by atoms with Crippen molar-refractivity contribution in [3.8, 4) is 11.5 Å². The molecule has 2 aromatic carbocycles. The van der Waals surface area contributed by atoms with E-state index < -0.39 is 29.6 Å². The number of ether oxygens (including phenoxy) is 2. The number of hydrogen-bond acceptors (Lipinski definition) is 4. The lowest BCUT2D eigenvalue weighted by Gasteiger charge is -2.22. The van der Waals surface area contributed by atoms with Crippen LogP contribution in [-0.4, -0.2) is 32.1 Å². The molecule has 2 amide bonds. The molecule has 1 atom stereocenters. The predicted octanol–water partition coefficient (Wildman–Crippen LogP) is 3.79. The second-order valence-corrected chi connectivity index (χ2v) is 7.21. The van der Waals surface area contributed by atoms with Gasteiger partial charge >= 0.3 is 6.18 Å². The first-order valence-corrected chi connectivity index (χ1v) is 9.53.